The van der Waals surface area contributed by atoms with Crippen LogP contribution >= 0.6 is 11.8 Å². The Morgan fingerprint density at radius 2 is 2.04 bits per heavy atom. The first kappa shape index (κ1) is 18.0. The molecular weight excluding hydrogens is 348 g/mol. The van der Waals surface area contributed by atoms with E-state index in [-0.39, 0.29) is 11.7 Å². The number of aromatic nitrogens is 2. The average Bonchev–Trinajstić information content (AvgIpc) is 2.98. The fourth-order valence-electron chi connectivity index (χ4n) is 2.41. The van der Waals surface area contributed by atoms with Crippen molar-refractivity contribution in [3.05, 3.63) is 54.1 Å². The SMILES string of the molecule is CCOc1ccc(/C=N\NC(=O)CSc2nc3ccccc3n2C)cc1. The van der Waals surface area contributed by atoms with Gasteiger partial charge in [-0.1, -0.05) is 23.9 Å². The molecule has 0 bridgehead atoms. The zero-order valence-electron chi connectivity index (χ0n) is 14.7. The van der Waals surface area contributed by atoms with E-state index in [1.54, 1.807) is 6.21 Å². The number of aryl methyl sites for hydroxylation is 1. The van der Waals surface area contributed by atoms with Gasteiger partial charge in [0.15, 0.2) is 5.16 Å². The lowest BCUT2D eigenvalue weighted by molar-refractivity contribution is -0.118. The topological polar surface area (TPSA) is 68.5 Å². The monoisotopic (exact) mass is 368 g/mol. The maximum absolute atomic E-state index is 12.0. The second-order valence-electron chi connectivity index (χ2n) is 5.53. The molecule has 6 nitrogen and oxygen atoms in total. The first-order valence-corrected chi connectivity index (χ1v) is 9.25. The van der Waals surface area contributed by atoms with Crippen molar-refractivity contribution in [3.63, 3.8) is 0 Å². The molecule has 0 aliphatic heterocycles. The van der Waals surface area contributed by atoms with Crippen LogP contribution in [0.1, 0.15) is 12.5 Å². The Morgan fingerprint density at radius 1 is 1.27 bits per heavy atom. The van der Waals surface area contributed by atoms with E-state index in [4.69, 9.17) is 4.74 Å². The molecular formula is C19H20N4O2S. The number of hydrazone groups is 1. The van der Waals surface area contributed by atoms with E-state index in [9.17, 15) is 4.79 Å². The van der Waals surface area contributed by atoms with E-state index in [0.717, 1.165) is 27.5 Å². The highest BCUT2D eigenvalue weighted by Crippen LogP contribution is 2.22. The van der Waals surface area contributed by atoms with E-state index in [1.165, 1.54) is 11.8 Å². The summed E-state index contributed by atoms with van der Waals surface area (Å²) in [6.45, 7) is 2.57. The van der Waals surface area contributed by atoms with Gasteiger partial charge in [0.1, 0.15) is 5.75 Å². The average molecular weight is 368 g/mol. The molecule has 1 heterocycles. The smallest absolute Gasteiger partial charge is 0.250 e. The minimum absolute atomic E-state index is 0.177. The van der Waals surface area contributed by atoms with Crippen LogP contribution in [0.4, 0.5) is 0 Å². The molecule has 0 unspecified atom stereocenters. The molecule has 0 saturated heterocycles. The summed E-state index contributed by atoms with van der Waals surface area (Å²) in [5.74, 6) is 0.884. The number of carbonyl (C=O) groups is 1. The van der Waals surface area contributed by atoms with Crippen LogP contribution < -0.4 is 10.2 Å². The molecule has 0 saturated carbocycles. The normalized spacial score (nSPS) is 11.2. The number of carbonyl (C=O) groups excluding carboxylic acids is 1. The Hall–Kier alpha value is -2.80. The van der Waals surface area contributed by atoms with Crippen LogP contribution in [-0.4, -0.2) is 34.0 Å². The molecule has 3 aromatic rings. The van der Waals surface area contributed by atoms with Gasteiger partial charge in [0, 0.05) is 7.05 Å². The molecule has 0 fully saturated rings. The standard InChI is InChI=1S/C19H20N4O2S/c1-3-25-15-10-8-14(9-11-15)12-20-22-18(24)13-26-19-21-16-6-4-5-7-17(16)23(19)2/h4-12H,3,13H2,1-2H3,(H,22,24)/b20-12-. The number of para-hydroxylation sites is 2. The van der Waals surface area contributed by atoms with Crippen molar-refractivity contribution in [1.29, 1.82) is 0 Å². The Bertz CT molecular complexity index is 919. The van der Waals surface area contributed by atoms with E-state index in [2.05, 4.69) is 15.5 Å². The van der Waals surface area contributed by atoms with Gasteiger partial charge in [0.05, 0.1) is 29.6 Å². The van der Waals surface area contributed by atoms with E-state index >= 15 is 0 Å². The predicted molar refractivity (Wildman–Crippen MR) is 105 cm³/mol. The molecule has 2 aromatic carbocycles. The van der Waals surface area contributed by atoms with E-state index in [1.807, 2.05) is 67.1 Å². The van der Waals surface area contributed by atoms with Crippen LogP contribution in [0.25, 0.3) is 11.0 Å². The van der Waals surface area contributed by atoms with Gasteiger partial charge in [0.2, 0.25) is 0 Å². The number of nitrogens with one attached hydrogen (secondary N) is 1. The number of imidazole rings is 1. The summed E-state index contributed by atoms with van der Waals surface area (Å²) in [6, 6.07) is 15.4. The van der Waals surface area contributed by atoms with Crippen molar-refractivity contribution in [2.45, 2.75) is 12.1 Å². The molecule has 26 heavy (non-hydrogen) atoms. The number of thioether (sulfide) groups is 1. The van der Waals surface area contributed by atoms with Gasteiger partial charge in [-0.15, -0.1) is 0 Å². The molecule has 1 amide bonds. The van der Waals surface area contributed by atoms with Crippen molar-refractivity contribution in [1.82, 2.24) is 15.0 Å². The molecule has 0 spiro atoms. The first-order chi connectivity index (χ1) is 12.7. The van der Waals surface area contributed by atoms with Gasteiger partial charge in [-0.25, -0.2) is 10.4 Å². The zero-order chi connectivity index (χ0) is 18.4. The summed E-state index contributed by atoms with van der Waals surface area (Å²) in [4.78, 5) is 16.5. The number of hydrogen-bond acceptors (Lipinski definition) is 5. The van der Waals surface area contributed by atoms with Crippen LogP contribution in [0, 0.1) is 0 Å². The third kappa shape index (κ3) is 4.43. The fourth-order valence-corrected chi connectivity index (χ4v) is 3.19. The van der Waals surface area contributed by atoms with Crippen molar-refractivity contribution in [2.75, 3.05) is 12.4 Å². The van der Waals surface area contributed by atoms with Crippen LogP contribution in [0.2, 0.25) is 0 Å². The molecule has 0 atom stereocenters. The lowest BCUT2D eigenvalue weighted by atomic mass is 10.2. The van der Waals surface area contributed by atoms with Gasteiger partial charge < -0.3 is 9.30 Å². The number of ether oxygens (including phenoxy) is 1. The highest BCUT2D eigenvalue weighted by molar-refractivity contribution is 7.99. The van der Waals surface area contributed by atoms with Crippen LogP contribution in [0.5, 0.6) is 5.75 Å². The molecule has 7 heteroatoms. The van der Waals surface area contributed by atoms with Crippen molar-refractivity contribution in [3.8, 4) is 5.75 Å². The van der Waals surface area contributed by atoms with Gasteiger partial charge in [-0.2, -0.15) is 5.10 Å². The maximum atomic E-state index is 12.0. The predicted octanol–water partition coefficient (Wildman–Crippen LogP) is 3.21. The number of nitrogens with zero attached hydrogens (tertiary/aromatic N) is 3. The first-order valence-electron chi connectivity index (χ1n) is 8.26. The molecule has 0 aliphatic rings. The molecule has 1 N–H and O–H groups in total. The Balaban J connectivity index is 1.51. The second kappa shape index (κ2) is 8.53. The van der Waals surface area contributed by atoms with Crippen LogP contribution in [0.15, 0.2) is 58.8 Å². The molecule has 134 valence electrons. The van der Waals surface area contributed by atoms with Crippen molar-refractivity contribution in [2.24, 2.45) is 12.1 Å². The summed E-state index contributed by atoms with van der Waals surface area (Å²) < 4.78 is 7.37. The van der Waals surface area contributed by atoms with Crippen molar-refractivity contribution < 1.29 is 9.53 Å². The third-order valence-corrected chi connectivity index (χ3v) is 4.70. The second-order valence-corrected chi connectivity index (χ2v) is 6.47. The number of rotatable bonds is 7. The zero-order valence-corrected chi connectivity index (χ0v) is 15.5. The summed E-state index contributed by atoms with van der Waals surface area (Å²) in [5.41, 5.74) is 5.39. The van der Waals surface area contributed by atoms with Crippen LogP contribution in [0.3, 0.4) is 0 Å². The van der Waals surface area contributed by atoms with E-state index in [0.29, 0.717) is 6.61 Å². The minimum Gasteiger partial charge on any atom is -0.494 e. The number of benzene rings is 2. The molecule has 0 aliphatic carbocycles. The number of amides is 1. The van der Waals surface area contributed by atoms with Gasteiger partial charge in [-0.3, -0.25) is 4.79 Å². The highest BCUT2D eigenvalue weighted by Gasteiger charge is 2.09. The third-order valence-electron chi connectivity index (χ3n) is 3.67. The summed E-state index contributed by atoms with van der Waals surface area (Å²) in [5, 5.41) is 4.79. The Morgan fingerprint density at radius 3 is 2.77 bits per heavy atom. The molecule has 0 radical (unpaired) electrons. The lowest BCUT2D eigenvalue weighted by Crippen LogP contribution is -2.19. The van der Waals surface area contributed by atoms with Crippen molar-refractivity contribution >= 4 is 34.9 Å². The quantitative estimate of drug-likeness (QED) is 0.395. The number of hydrogen-bond donors (Lipinski definition) is 1. The summed E-state index contributed by atoms with van der Waals surface area (Å²) in [6.07, 6.45) is 1.60. The number of fused-ring (bicyclic) bond motifs is 1. The van der Waals surface area contributed by atoms with Gasteiger partial charge in [-0.05, 0) is 48.9 Å². The van der Waals surface area contributed by atoms with E-state index < -0.39 is 0 Å². The van der Waals surface area contributed by atoms with Gasteiger partial charge in [0.25, 0.3) is 5.91 Å². The molecule has 1 aromatic heterocycles. The highest BCUT2D eigenvalue weighted by atomic mass is 32.2. The molecule has 3 rings (SSSR count). The summed E-state index contributed by atoms with van der Waals surface area (Å²) in [7, 11) is 1.94. The Kier molecular flexibility index (Phi) is 5.91. The Labute approximate surface area is 156 Å². The lowest BCUT2D eigenvalue weighted by Gasteiger charge is -2.03. The maximum Gasteiger partial charge on any atom is 0.250 e. The largest absolute Gasteiger partial charge is 0.494 e. The summed E-state index contributed by atoms with van der Waals surface area (Å²) >= 11 is 1.38. The van der Waals surface area contributed by atoms with Crippen LogP contribution in [-0.2, 0) is 11.8 Å². The minimum atomic E-state index is -0.177. The fraction of sp³-hybridized carbons (Fsp3) is 0.211. The van der Waals surface area contributed by atoms with Gasteiger partial charge >= 0.3 is 0 Å².